The number of halogens is 3. The first kappa shape index (κ1) is 24.0. The number of rotatable bonds is 7. The number of fused-ring (bicyclic) bond motifs is 1. The van der Waals surface area contributed by atoms with Crippen LogP contribution in [0.3, 0.4) is 0 Å². The van der Waals surface area contributed by atoms with Gasteiger partial charge in [0.15, 0.2) is 11.5 Å². The monoisotopic (exact) mass is 476 g/mol. The molecule has 1 atom stereocenters. The van der Waals surface area contributed by atoms with Crippen molar-refractivity contribution >= 4 is 16.7 Å². The highest BCUT2D eigenvalue weighted by atomic mass is 19.4. The summed E-state index contributed by atoms with van der Waals surface area (Å²) in [6.07, 6.45) is -3.60. The second-order valence-corrected chi connectivity index (χ2v) is 8.77. The zero-order chi connectivity index (χ0) is 24.5. The van der Waals surface area contributed by atoms with Crippen molar-refractivity contribution in [3.63, 3.8) is 0 Å². The van der Waals surface area contributed by atoms with E-state index in [1.807, 2.05) is 13.8 Å². The number of pyridine rings is 1. The van der Waals surface area contributed by atoms with Gasteiger partial charge in [0, 0.05) is 24.0 Å². The van der Waals surface area contributed by atoms with Gasteiger partial charge in [-0.15, -0.1) is 0 Å². The van der Waals surface area contributed by atoms with E-state index >= 15 is 0 Å². The molecule has 0 saturated carbocycles. The summed E-state index contributed by atoms with van der Waals surface area (Å²) in [5.41, 5.74) is -0.572. The van der Waals surface area contributed by atoms with Crippen molar-refractivity contribution < 1.29 is 27.4 Å². The van der Waals surface area contributed by atoms with Crippen molar-refractivity contribution in [1.29, 1.82) is 0 Å². The van der Waals surface area contributed by atoms with E-state index in [2.05, 4.69) is 20.3 Å². The number of ether oxygens (including phenoxy) is 3. The summed E-state index contributed by atoms with van der Waals surface area (Å²) < 4.78 is 56.5. The molecule has 3 aromatic rings. The number of benzene rings is 1. The number of alkyl halides is 3. The van der Waals surface area contributed by atoms with Gasteiger partial charge in [-0.05, 0) is 45.4 Å². The molecule has 0 radical (unpaired) electrons. The number of methoxy groups -OCH3 is 1. The van der Waals surface area contributed by atoms with Gasteiger partial charge < -0.3 is 19.5 Å². The molecule has 1 saturated heterocycles. The van der Waals surface area contributed by atoms with Crippen LogP contribution in [0.2, 0.25) is 0 Å². The van der Waals surface area contributed by atoms with Gasteiger partial charge in [0.05, 0.1) is 31.5 Å². The quantitative estimate of drug-likeness (QED) is 0.504. The predicted octanol–water partition coefficient (Wildman–Crippen LogP) is 5.17. The summed E-state index contributed by atoms with van der Waals surface area (Å²) >= 11 is 0. The number of aromatic nitrogens is 3. The van der Waals surface area contributed by atoms with Crippen LogP contribution < -0.4 is 14.8 Å². The summed E-state index contributed by atoms with van der Waals surface area (Å²) in [5, 5.41) is 3.77. The lowest BCUT2D eigenvalue weighted by atomic mass is 9.90. The van der Waals surface area contributed by atoms with Crippen LogP contribution in [0.5, 0.6) is 11.5 Å². The van der Waals surface area contributed by atoms with Crippen molar-refractivity contribution in [2.45, 2.75) is 45.5 Å². The fourth-order valence-electron chi connectivity index (χ4n) is 3.99. The van der Waals surface area contributed by atoms with Gasteiger partial charge in [0.1, 0.15) is 22.9 Å². The number of nitrogens with zero attached hydrogens (tertiary/aromatic N) is 3. The second-order valence-electron chi connectivity index (χ2n) is 8.77. The number of anilines is 1. The van der Waals surface area contributed by atoms with Crippen molar-refractivity contribution in [3.05, 3.63) is 47.5 Å². The molecule has 2 aromatic heterocycles. The van der Waals surface area contributed by atoms with E-state index in [0.717, 1.165) is 12.5 Å². The van der Waals surface area contributed by atoms with Crippen LogP contribution in [0.4, 0.5) is 19.0 Å². The first-order valence-electron chi connectivity index (χ1n) is 11.0. The summed E-state index contributed by atoms with van der Waals surface area (Å²) in [6, 6.07) is 7.38. The lowest BCUT2D eigenvalue weighted by Gasteiger charge is -2.32. The van der Waals surface area contributed by atoms with E-state index in [1.165, 1.54) is 12.1 Å². The maximum Gasteiger partial charge on any atom is 0.433 e. The molecule has 0 aliphatic carbocycles. The summed E-state index contributed by atoms with van der Waals surface area (Å²) in [6.45, 7) is 7.16. The normalized spacial score (nSPS) is 16.6. The lowest BCUT2D eigenvalue weighted by molar-refractivity contribution is -0.141. The summed E-state index contributed by atoms with van der Waals surface area (Å²) in [4.78, 5) is 12.7. The Labute approximate surface area is 195 Å². The molecule has 3 heterocycles. The van der Waals surface area contributed by atoms with Crippen molar-refractivity contribution in [2.24, 2.45) is 5.92 Å². The largest absolute Gasteiger partial charge is 0.493 e. The Hall–Kier alpha value is -3.14. The Morgan fingerprint density at radius 2 is 1.91 bits per heavy atom. The van der Waals surface area contributed by atoms with Gasteiger partial charge in [-0.1, -0.05) is 6.07 Å². The molecule has 1 fully saturated rings. The van der Waals surface area contributed by atoms with E-state index in [4.69, 9.17) is 14.2 Å². The molecule has 0 spiro atoms. The van der Waals surface area contributed by atoms with Crippen molar-refractivity contribution in [2.75, 3.05) is 25.6 Å². The Kier molecular flexibility index (Phi) is 6.53. The molecule has 0 bridgehead atoms. The molecule has 1 aromatic carbocycles. The van der Waals surface area contributed by atoms with Gasteiger partial charge in [-0.25, -0.2) is 15.0 Å². The maximum absolute atomic E-state index is 13.0. The smallest absolute Gasteiger partial charge is 0.433 e. The molecule has 1 unspecified atom stereocenters. The molecule has 0 amide bonds. The standard InChI is InChI=1S/C24H27F3N4O3/c1-14-29-18-11-19(32-4)20(34-23(2,3)15-8-9-33-13-15)10-17(18)22(30-14)28-12-16-6-5-7-21(31-16)24(25,26)27/h5-7,10-11,15H,8-9,12-13H2,1-4H3,(H,28,29,30). The van der Waals surface area contributed by atoms with E-state index in [-0.39, 0.29) is 18.2 Å². The number of hydrogen-bond donors (Lipinski definition) is 1. The van der Waals surface area contributed by atoms with Crippen LogP contribution in [0.1, 0.15) is 37.5 Å². The predicted molar refractivity (Wildman–Crippen MR) is 121 cm³/mol. The molecule has 1 N–H and O–H groups in total. The van der Waals surface area contributed by atoms with Crippen molar-refractivity contribution in [3.8, 4) is 11.5 Å². The average molecular weight is 476 g/mol. The SMILES string of the molecule is COc1cc2nc(C)nc(NCc3cccc(C(F)(F)F)n3)c2cc1OC(C)(C)C1CCOC1. The Morgan fingerprint density at radius 3 is 2.59 bits per heavy atom. The zero-order valence-electron chi connectivity index (χ0n) is 19.5. The van der Waals surface area contributed by atoms with E-state index in [9.17, 15) is 13.2 Å². The minimum atomic E-state index is -4.51. The fraction of sp³-hybridized carbons (Fsp3) is 0.458. The van der Waals surface area contributed by atoms with Crippen LogP contribution in [0.25, 0.3) is 10.9 Å². The maximum atomic E-state index is 13.0. The molecular weight excluding hydrogens is 449 g/mol. The van der Waals surface area contributed by atoms with Crippen LogP contribution >= 0.6 is 0 Å². The molecule has 10 heteroatoms. The highest BCUT2D eigenvalue weighted by molar-refractivity contribution is 5.91. The third-order valence-electron chi connectivity index (χ3n) is 5.91. The van der Waals surface area contributed by atoms with E-state index < -0.39 is 17.5 Å². The average Bonchev–Trinajstić information content (AvgIpc) is 3.33. The van der Waals surface area contributed by atoms with Crippen molar-refractivity contribution in [1.82, 2.24) is 15.0 Å². The van der Waals surface area contributed by atoms with Gasteiger partial charge >= 0.3 is 6.18 Å². The summed E-state index contributed by atoms with van der Waals surface area (Å²) in [5.74, 6) is 2.26. The lowest BCUT2D eigenvalue weighted by Crippen LogP contribution is -2.38. The molecule has 7 nitrogen and oxygen atoms in total. The molecule has 4 rings (SSSR count). The van der Waals surface area contributed by atoms with Gasteiger partial charge in [0.25, 0.3) is 0 Å². The van der Waals surface area contributed by atoms with Crippen LogP contribution in [-0.2, 0) is 17.5 Å². The van der Waals surface area contributed by atoms with Gasteiger partial charge in [-0.3, -0.25) is 0 Å². The minimum Gasteiger partial charge on any atom is -0.493 e. The molecule has 1 aliphatic rings. The zero-order valence-corrected chi connectivity index (χ0v) is 19.5. The Morgan fingerprint density at radius 1 is 1.12 bits per heavy atom. The minimum absolute atomic E-state index is 0.0581. The van der Waals surface area contributed by atoms with Gasteiger partial charge in [-0.2, -0.15) is 13.2 Å². The molecule has 1 aliphatic heterocycles. The van der Waals surface area contributed by atoms with E-state index in [1.54, 1.807) is 26.2 Å². The highest BCUT2D eigenvalue weighted by Crippen LogP contribution is 2.39. The summed E-state index contributed by atoms with van der Waals surface area (Å²) in [7, 11) is 1.56. The first-order chi connectivity index (χ1) is 16.1. The highest BCUT2D eigenvalue weighted by Gasteiger charge is 2.35. The first-order valence-corrected chi connectivity index (χ1v) is 11.0. The van der Waals surface area contributed by atoms with E-state index in [0.29, 0.717) is 47.3 Å². The third kappa shape index (κ3) is 5.16. The van der Waals surface area contributed by atoms with Crippen LogP contribution in [0.15, 0.2) is 30.3 Å². The molecule has 182 valence electrons. The number of aryl methyl sites for hydroxylation is 1. The molecular formula is C24H27F3N4O3. The topological polar surface area (TPSA) is 78.4 Å². The number of nitrogens with one attached hydrogen (secondary N) is 1. The Bertz CT molecular complexity index is 1180. The second kappa shape index (κ2) is 9.25. The Balaban J connectivity index is 1.66. The van der Waals surface area contributed by atoms with Crippen LogP contribution in [0, 0.1) is 12.8 Å². The molecule has 34 heavy (non-hydrogen) atoms. The number of hydrogen-bond acceptors (Lipinski definition) is 7. The van der Waals surface area contributed by atoms with Crippen LogP contribution in [-0.4, -0.2) is 40.9 Å². The third-order valence-corrected chi connectivity index (χ3v) is 5.91. The fourth-order valence-corrected chi connectivity index (χ4v) is 3.99. The van der Waals surface area contributed by atoms with Gasteiger partial charge in [0.2, 0.25) is 0 Å².